The number of nitrogens with one attached hydrogen (secondary N) is 1. The molecular weight excluding hydrogens is 392 g/mol. The van der Waals surface area contributed by atoms with E-state index in [9.17, 15) is 0 Å². The van der Waals surface area contributed by atoms with Gasteiger partial charge in [0.05, 0.1) is 6.21 Å². The molecule has 26 heavy (non-hydrogen) atoms. The zero-order chi connectivity index (χ0) is 18.4. The van der Waals surface area contributed by atoms with Crippen LogP contribution in [0.1, 0.15) is 22.5 Å². The Morgan fingerprint density at radius 1 is 1.04 bits per heavy atom. The fraction of sp³-hybridized carbons (Fsp3) is 0.150. The first-order valence-electron chi connectivity index (χ1n) is 8.18. The van der Waals surface area contributed by atoms with Crippen LogP contribution in [0, 0.1) is 13.8 Å². The lowest BCUT2D eigenvalue weighted by molar-refractivity contribution is 0.306. The standard InChI is InChI=1S/C20H19BrN4O/c1-14-11-15(2)24-20(23-14)25-22-12-17-5-3-4-6-19(17)26-13-16-7-9-18(21)10-8-16/h3-12H,13H2,1-2H3,(H,23,24,25)/b22-12+. The average Bonchev–Trinajstić information content (AvgIpc) is 2.61. The van der Waals surface area contributed by atoms with Crippen molar-refractivity contribution in [2.75, 3.05) is 5.43 Å². The van der Waals surface area contributed by atoms with Crippen molar-refractivity contribution < 1.29 is 4.74 Å². The second kappa shape index (κ2) is 8.58. The van der Waals surface area contributed by atoms with E-state index in [1.165, 1.54) is 0 Å². The van der Waals surface area contributed by atoms with Crippen molar-refractivity contribution in [2.24, 2.45) is 5.10 Å². The molecule has 1 aromatic heterocycles. The summed E-state index contributed by atoms with van der Waals surface area (Å²) in [7, 11) is 0. The Balaban J connectivity index is 1.67. The van der Waals surface area contributed by atoms with E-state index in [4.69, 9.17) is 4.74 Å². The van der Waals surface area contributed by atoms with Gasteiger partial charge in [0.2, 0.25) is 5.95 Å². The number of hydrogen-bond donors (Lipinski definition) is 1. The lowest BCUT2D eigenvalue weighted by atomic mass is 10.2. The quantitative estimate of drug-likeness (QED) is 0.464. The number of para-hydroxylation sites is 1. The molecule has 3 aromatic rings. The molecule has 5 nitrogen and oxygen atoms in total. The summed E-state index contributed by atoms with van der Waals surface area (Å²) >= 11 is 3.43. The van der Waals surface area contributed by atoms with Crippen molar-refractivity contribution >= 4 is 28.1 Å². The molecule has 2 aromatic carbocycles. The van der Waals surface area contributed by atoms with Gasteiger partial charge in [-0.05, 0) is 49.7 Å². The normalized spacial score (nSPS) is 10.9. The van der Waals surface area contributed by atoms with Crippen molar-refractivity contribution in [1.29, 1.82) is 0 Å². The summed E-state index contributed by atoms with van der Waals surface area (Å²) in [6, 6.07) is 17.7. The van der Waals surface area contributed by atoms with Crippen LogP contribution in [0.3, 0.4) is 0 Å². The molecule has 0 atom stereocenters. The highest BCUT2D eigenvalue weighted by molar-refractivity contribution is 9.10. The van der Waals surface area contributed by atoms with E-state index in [1.54, 1.807) is 6.21 Å². The number of halogens is 1. The Morgan fingerprint density at radius 3 is 2.46 bits per heavy atom. The maximum absolute atomic E-state index is 5.94. The van der Waals surface area contributed by atoms with E-state index >= 15 is 0 Å². The summed E-state index contributed by atoms with van der Waals surface area (Å²) in [4.78, 5) is 8.60. The molecule has 0 saturated carbocycles. The first kappa shape index (κ1) is 18.1. The third-order valence-electron chi connectivity index (χ3n) is 3.58. The second-order valence-electron chi connectivity index (χ2n) is 5.80. The fourth-order valence-corrected chi connectivity index (χ4v) is 2.66. The SMILES string of the molecule is Cc1cc(C)nc(N/N=C/c2ccccc2OCc2ccc(Br)cc2)n1. The maximum Gasteiger partial charge on any atom is 0.243 e. The molecule has 0 fully saturated rings. The molecule has 0 aliphatic carbocycles. The number of anilines is 1. The topological polar surface area (TPSA) is 59.4 Å². The Morgan fingerprint density at radius 2 is 1.73 bits per heavy atom. The van der Waals surface area contributed by atoms with Crippen molar-refractivity contribution in [1.82, 2.24) is 9.97 Å². The number of aromatic nitrogens is 2. The monoisotopic (exact) mass is 410 g/mol. The van der Waals surface area contributed by atoms with Gasteiger partial charge in [0.25, 0.3) is 0 Å². The van der Waals surface area contributed by atoms with Crippen molar-refractivity contribution in [2.45, 2.75) is 20.5 Å². The first-order valence-corrected chi connectivity index (χ1v) is 8.97. The fourth-order valence-electron chi connectivity index (χ4n) is 2.40. The molecule has 0 unspecified atom stereocenters. The van der Waals surface area contributed by atoms with Crippen LogP contribution in [0.4, 0.5) is 5.95 Å². The molecule has 6 heteroatoms. The number of hydrogen-bond acceptors (Lipinski definition) is 5. The Labute approximate surface area is 161 Å². The molecule has 1 N–H and O–H groups in total. The van der Waals surface area contributed by atoms with Crippen LogP contribution in [0.15, 0.2) is 64.2 Å². The molecule has 3 rings (SSSR count). The molecule has 0 bridgehead atoms. The minimum Gasteiger partial charge on any atom is -0.488 e. The minimum atomic E-state index is 0.479. The Hall–Kier alpha value is -2.73. The van der Waals surface area contributed by atoms with Gasteiger partial charge in [-0.2, -0.15) is 5.10 Å². The van der Waals surface area contributed by atoms with Gasteiger partial charge in [-0.3, -0.25) is 0 Å². The van der Waals surface area contributed by atoms with E-state index in [-0.39, 0.29) is 0 Å². The number of benzene rings is 2. The van der Waals surface area contributed by atoms with E-state index in [1.807, 2.05) is 68.4 Å². The van der Waals surface area contributed by atoms with Crippen molar-refractivity contribution in [3.63, 3.8) is 0 Å². The van der Waals surface area contributed by atoms with Crippen LogP contribution in [0.5, 0.6) is 5.75 Å². The first-order chi connectivity index (χ1) is 12.6. The summed E-state index contributed by atoms with van der Waals surface area (Å²) in [6.07, 6.45) is 1.71. The van der Waals surface area contributed by atoms with E-state index < -0.39 is 0 Å². The molecule has 0 radical (unpaired) electrons. The zero-order valence-electron chi connectivity index (χ0n) is 14.6. The predicted molar refractivity (Wildman–Crippen MR) is 108 cm³/mol. The molecule has 0 spiro atoms. The summed E-state index contributed by atoms with van der Waals surface area (Å²) in [5.74, 6) is 1.24. The van der Waals surface area contributed by atoms with Crippen LogP contribution in [-0.4, -0.2) is 16.2 Å². The van der Waals surface area contributed by atoms with E-state index in [2.05, 4.69) is 36.4 Å². The number of nitrogens with zero attached hydrogens (tertiary/aromatic N) is 3. The summed E-state index contributed by atoms with van der Waals surface area (Å²) in [6.45, 7) is 4.34. The summed E-state index contributed by atoms with van der Waals surface area (Å²) in [5.41, 5.74) is 6.64. The van der Waals surface area contributed by atoms with Gasteiger partial charge in [-0.1, -0.05) is 40.2 Å². The van der Waals surface area contributed by atoms with E-state index in [0.717, 1.165) is 32.7 Å². The minimum absolute atomic E-state index is 0.479. The largest absolute Gasteiger partial charge is 0.488 e. The highest BCUT2D eigenvalue weighted by atomic mass is 79.9. The van der Waals surface area contributed by atoms with Crippen LogP contribution in [-0.2, 0) is 6.61 Å². The maximum atomic E-state index is 5.94. The molecular formula is C20H19BrN4O. The molecule has 1 heterocycles. The van der Waals surface area contributed by atoms with Crippen molar-refractivity contribution in [3.05, 3.63) is 81.6 Å². The molecule has 0 aliphatic rings. The van der Waals surface area contributed by atoms with E-state index in [0.29, 0.717) is 12.6 Å². The van der Waals surface area contributed by atoms with Crippen LogP contribution in [0.25, 0.3) is 0 Å². The zero-order valence-corrected chi connectivity index (χ0v) is 16.2. The van der Waals surface area contributed by atoms with Crippen LogP contribution in [0.2, 0.25) is 0 Å². The molecule has 132 valence electrons. The van der Waals surface area contributed by atoms with Gasteiger partial charge in [0, 0.05) is 21.4 Å². The summed E-state index contributed by atoms with van der Waals surface area (Å²) in [5, 5.41) is 4.24. The molecule has 0 aliphatic heterocycles. The third kappa shape index (κ3) is 5.13. The van der Waals surface area contributed by atoms with Gasteiger partial charge >= 0.3 is 0 Å². The van der Waals surface area contributed by atoms with Gasteiger partial charge in [0.15, 0.2) is 0 Å². The highest BCUT2D eigenvalue weighted by Gasteiger charge is 2.02. The van der Waals surface area contributed by atoms with Gasteiger partial charge < -0.3 is 4.74 Å². The Kier molecular flexibility index (Phi) is 5.96. The van der Waals surface area contributed by atoms with Gasteiger partial charge in [-0.15, -0.1) is 0 Å². The molecule has 0 saturated heterocycles. The predicted octanol–water partition coefficient (Wildman–Crippen LogP) is 4.88. The highest BCUT2D eigenvalue weighted by Crippen LogP contribution is 2.18. The summed E-state index contributed by atoms with van der Waals surface area (Å²) < 4.78 is 6.99. The van der Waals surface area contributed by atoms with Crippen LogP contribution < -0.4 is 10.2 Å². The average molecular weight is 411 g/mol. The van der Waals surface area contributed by atoms with Crippen LogP contribution >= 0.6 is 15.9 Å². The second-order valence-corrected chi connectivity index (χ2v) is 6.71. The smallest absolute Gasteiger partial charge is 0.243 e. The number of ether oxygens (including phenoxy) is 1. The Bertz CT molecular complexity index is 890. The van der Waals surface area contributed by atoms with Gasteiger partial charge in [-0.25, -0.2) is 15.4 Å². The lowest BCUT2D eigenvalue weighted by Crippen LogP contribution is -2.01. The van der Waals surface area contributed by atoms with Gasteiger partial charge in [0.1, 0.15) is 12.4 Å². The number of aryl methyl sites for hydroxylation is 2. The number of hydrazone groups is 1. The molecule has 0 amide bonds. The number of rotatable bonds is 6. The van der Waals surface area contributed by atoms with Crippen molar-refractivity contribution in [3.8, 4) is 5.75 Å². The lowest BCUT2D eigenvalue weighted by Gasteiger charge is -2.09. The third-order valence-corrected chi connectivity index (χ3v) is 4.11.